The van der Waals surface area contributed by atoms with Gasteiger partial charge >= 0.3 is 0 Å². The van der Waals surface area contributed by atoms with Gasteiger partial charge in [-0.3, -0.25) is 0 Å². The molecule has 3 aromatic heterocycles. The summed E-state index contributed by atoms with van der Waals surface area (Å²) < 4.78 is 13.4. The normalized spacial score (nSPS) is 11.6. The summed E-state index contributed by atoms with van der Waals surface area (Å²) in [5.74, 6) is 0. The van der Waals surface area contributed by atoms with Crippen LogP contribution in [0.3, 0.4) is 0 Å². The SMILES string of the molecule is c1ccc(N(c2ccccc2)c2ccc(-c3nc4c(-c5ccc(-c6ccc7oc8ccccc8c7c6)cc5)ccc(-c5ccc(-c6ccc7oc8ccccc8c7c6)cc5)c4s3)cc2)cc1. The van der Waals surface area contributed by atoms with Gasteiger partial charge in [-0.05, 0) is 118 Å². The molecule has 0 unspecified atom stereocenters. The fourth-order valence-corrected chi connectivity index (χ4v) is 10.6. The molecular weight excluding hydrogens is 825 g/mol. The Balaban J connectivity index is 0.891. The average Bonchev–Trinajstić information content (AvgIpc) is 4.11. The van der Waals surface area contributed by atoms with Crippen LogP contribution in [0.2, 0.25) is 0 Å². The number of thiazole rings is 1. The van der Waals surface area contributed by atoms with E-state index in [9.17, 15) is 0 Å². The van der Waals surface area contributed by atoms with Gasteiger partial charge in [-0.25, -0.2) is 4.98 Å². The van der Waals surface area contributed by atoms with Gasteiger partial charge in [-0.2, -0.15) is 0 Å². The molecule has 5 heteroatoms. The number of furan rings is 2. The van der Waals surface area contributed by atoms with Crippen LogP contribution >= 0.6 is 11.3 Å². The highest BCUT2D eigenvalue weighted by Gasteiger charge is 2.19. The van der Waals surface area contributed by atoms with Gasteiger partial charge in [0.05, 0.1) is 10.2 Å². The Labute approximate surface area is 384 Å². The molecule has 10 aromatic carbocycles. The number of nitrogens with zero attached hydrogens (tertiary/aromatic N) is 2. The number of aromatic nitrogens is 1. The zero-order chi connectivity index (χ0) is 43.6. The smallest absolute Gasteiger partial charge is 0.135 e. The fraction of sp³-hybridized carbons (Fsp3) is 0. The second-order valence-electron chi connectivity index (χ2n) is 16.7. The van der Waals surface area contributed by atoms with Crippen molar-refractivity contribution in [1.29, 1.82) is 0 Å². The summed E-state index contributed by atoms with van der Waals surface area (Å²) in [6.45, 7) is 0. The topological polar surface area (TPSA) is 42.4 Å². The van der Waals surface area contributed by atoms with E-state index >= 15 is 0 Å². The van der Waals surface area contributed by atoms with Crippen LogP contribution in [0.15, 0.2) is 239 Å². The molecule has 4 nitrogen and oxygen atoms in total. The lowest BCUT2D eigenvalue weighted by Crippen LogP contribution is -2.09. The number of hydrogen-bond donors (Lipinski definition) is 0. The average molecular weight is 863 g/mol. The molecule has 310 valence electrons. The first-order chi connectivity index (χ1) is 32.7. The minimum Gasteiger partial charge on any atom is -0.456 e. The van der Waals surface area contributed by atoms with Gasteiger partial charge in [-0.15, -0.1) is 11.3 Å². The zero-order valence-electron chi connectivity index (χ0n) is 35.6. The molecule has 0 saturated carbocycles. The van der Waals surface area contributed by atoms with Gasteiger partial charge in [-0.1, -0.05) is 146 Å². The summed E-state index contributed by atoms with van der Waals surface area (Å²) in [6, 6.07) is 81.6. The molecule has 0 aliphatic carbocycles. The summed E-state index contributed by atoms with van der Waals surface area (Å²) in [7, 11) is 0. The molecule has 0 amide bonds. The van der Waals surface area contributed by atoms with Crippen LogP contribution in [-0.2, 0) is 0 Å². The standard InChI is InChI=1S/C61H38N2O2S/c1-3-11-46(12-4-1)63(47-13-5-2-6-14-47)48-31-27-43(28-32-48)61-62-59-49(41-23-19-39(20-24-41)44-29-35-57-53(37-44)51-15-7-9-17-55(51)64-57)33-34-50(60(59)66-61)42-25-21-40(22-26-42)45-30-36-58-54(38-45)52-16-8-10-18-56(52)65-58/h1-38H. The van der Waals surface area contributed by atoms with E-state index in [1.54, 1.807) is 11.3 Å². The van der Waals surface area contributed by atoms with Gasteiger partial charge in [0.2, 0.25) is 0 Å². The second kappa shape index (κ2) is 15.6. The van der Waals surface area contributed by atoms with Gasteiger partial charge in [0, 0.05) is 55.3 Å². The van der Waals surface area contributed by atoms with Crippen molar-refractivity contribution in [2.24, 2.45) is 0 Å². The molecule has 0 fully saturated rings. The molecule has 0 bridgehead atoms. The number of anilines is 3. The van der Waals surface area contributed by atoms with E-state index in [2.05, 4.69) is 211 Å². The predicted molar refractivity (Wildman–Crippen MR) is 276 cm³/mol. The minimum absolute atomic E-state index is 0.900. The molecule has 3 heterocycles. The summed E-state index contributed by atoms with van der Waals surface area (Å²) in [4.78, 5) is 7.76. The van der Waals surface area contributed by atoms with Crippen molar-refractivity contribution in [3.63, 3.8) is 0 Å². The Morgan fingerprint density at radius 2 is 0.727 bits per heavy atom. The lowest BCUT2D eigenvalue weighted by atomic mass is 9.95. The highest BCUT2D eigenvalue weighted by Crippen LogP contribution is 2.44. The lowest BCUT2D eigenvalue weighted by Gasteiger charge is -2.25. The third kappa shape index (κ3) is 6.56. The molecular formula is C61H38N2O2S. The number of rotatable bonds is 8. The van der Waals surface area contributed by atoms with Crippen LogP contribution in [0, 0.1) is 0 Å². The van der Waals surface area contributed by atoms with E-state index in [1.165, 1.54) is 0 Å². The highest BCUT2D eigenvalue weighted by atomic mass is 32.1. The molecule has 0 N–H and O–H groups in total. The van der Waals surface area contributed by atoms with Gasteiger partial charge in [0.15, 0.2) is 0 Å². The van der Waals surface area contributed by atoms with Crippen LogP contribution in [0.5, 0.6) is 0 Å². The van der Waals surface area contributed by atoms with Crippen LogP contribution in [0.4, 0.5) is 17.1 Å². The number of hydrogen-bond acceptors (Lipinski definition) is 5. The van der Waals surface area contributed by atoms with E-state index in [0.717, 1.165) is 126 Å². The second-order valence-corrected chi connectivity index (χ2v) is 17.7. The quantitative estimate of drug-likeness (QED) is 0.153. The van der Waals surface area contributed by atoms with Crippen molar-refractivity contribution in [2.45, 2.75) is 0 Å². The zero-order valence-corrected chi connectivity index (χ0v) is 36.4. The fourth-order valence-electron chi connectivity index (χ4n) is 9.44. The molecule has 0 aliphatic heterocycles. The van der Waals surface area contributed by atoms with Crippen molar-refractivity contribution in [1.82, 2.24) is 4.98 Å². The van der Waals surface area contributed by atoms with Crippen molar-refractivity contribution in [3.05, 3.63) is 231 Å². The maximum Gasteiger partial charge on any atom is 0.135 e. The third-order valence-corrected chi connectivity index (χ3v) is 13.9. The van der Waals surface area contributed by atoms with Crippen LogP contribution in [0.1, 0.15) is 0 Å². The Bertz CT molecular complexity index is 3670. The Morgan fingerprint density at radius 1 is 0.318 bits per heavy atom. The van der Waals surface area contributed by atoms with Gasteiger partial charge in [0.25, 0.3) is 0 Å². The Hall–Kier alpha value is -8.51. The molecule has 66 heavy (non-hydrogen) atoms. The molecule has 0 saturated heterocycles. The van der Waals surface area contributed by atoms with Gasteiger partial charge in [0.1, 0.15) is 27.3 Å². The number of benzene rings is 10. The largest absolute Gasteiger partial charge is 0.456 e. The molecule has 13 aromatic rings. The molecule has 0 atom stereocenters. The van der Waals surface area contributed by atoms with E-state index < -0.39 is 0 Å². The first-order valence-corrected chi connectivity index (χ1v) is 23.0. The Kier molecular flexibility index (Phi) is 9.00. The first-order valence-electron chi connectivity index (χ1n) is 22.2. The van der Waals surface area contributed by atoms with Crippen LogP contribution in [0.25, 0.3) is 109 Å². The van der Waals surface area contributed by atoms with Crippen molar-refractivity contribution >= 4 is 82.5 Å². The van der Waals surface area contributed by atoms with Crippen molar-refractivity contribution in [3.8, 4) is 55.1 Å². The summed E-state index contributed by atoms with van der Waals surface area (Å²) in [6.07, 6.45) is 0. The summed E-state index contributed by atoms with van der Waals surface area (Å²) in [5, 5.41) is 5.49. The Morgan fingerprint density at radius 3 is 1.27 bits per heavy atom. The molecule has 0 spiro atoms. The maximum absolute atomic E-state index is 6.13. The summed E-state index contributed by atoms with van der Waals surface area (Å²) >= 11 is 1.75. The predicted octanol–water partition coefficient (Wildman–Crippen LogP) is 17.9. The molecule has 0 aliphatic rings. The monoisotopic (exact) mass is 862 g/mol. The molecule has 0 radical (unpaired) electrons. The van der Waals surface area contributed by atoms with Crippen molar-refractivity contribution in [2.75, 3.05) is 4.90 Å². The molecule has 13 rings (SSSR count). The van der Waals surface area contributed by atoms with E-state index in [1.807, 2.05) is 24.3 Å². The van der Waals surface area contributed by atoms with Crippen LogP contribution < -0.4 is 4.90 Å². The van der Waals surface area contributed by atoms with Crippen LogP contribution in [-0.4, -0.2) is 4.98 Å². The van der Waals surface area contributed by atoms with Gasteiger partial charge < -0.3 is 13.7 Å². The van der Waals surface area contributed by atoms with E-state index in [4.69, 9.17) is 13.8 Å². The van der Waals surface area contributed by atoms with E-state index in [0.29, 0.717) is 0 Å². The number of fused-ring (bicyclic) bond motifs is 7. The first kappa shape index (κ1) is 38.0. The lowest BCUT2D eigenvalue weighted by molar-refractivity contribution is 0.668. The number of para-hydroxylation sites is 4. The van der Waals surface area contributed by atoms with E-state index in [-0.39, 0.29) is 0 Å². The highest BCUT2D eigenvalue weighted by molar-refractivity contribution is 7.22. The van der Waals surface area contributed by atoms with Crippen molar-refractivity contribution < 1.29 is 8.83 Å². The third-order valence-electron chi connectivity index (χ3n) is 12.8. The summed E-state index contributed by atoms with van der Waals surface area (Å²) in [5.41, 5.74) is 18.1. The minimum atomic E-state index is 0.900. The maximum atomic E-state index is 6.13.